The van der Waals surface area contributed by atoms with Gasteiger partial charge in [0.25, 0.3) is 0 Å². The Kier molecular flexibility index (Phi) is 3.18. The lowest BCUT2D eigenvalue weighted by Crippen LogP contribution is -2.27. The molecule has 2 aromatic rings. The molecule has 2 heterocycles. The van der Waals surface area contributed by atoms with Crippen LogP contribution in [0.5, 0.6) is 0 Å². The Bertz CT molecular complexity index is 674. The standard InChI is InChI=1S/C13H15BrN4O/c14-10-5-4-9(7-11(10)15)8-18-13(19)17-6-2-1-3-12(17)16-18/h4-5,7H,1-3,6,8,15H2. The molecule has 0 spiro atoms. The molecule has 0 fully saturated rings. The van der Waals surface area contributed by atoms with E-state index < -0.39 is 0 Å². The lowest BCUT2D eigenvalue weighted by atomic mass is 10.2. The highest BCUT2D eigenvalue weighted by molar-refractivity contribution is 9.10. The summed E-state index contributed by atoms with van der Waals surface area (Å²) in [6.07, 6.45) is 3.07. The van der Waals surface area contributed by atoms with Gasteiger partial charge in [-0.3, -0.25) is 4.57 Å². The van der Waals surface area contributed by atoms with Gasteiger partial charge in [-0.15, -0.1) is 0 Å². The van der Waals surface area contributed by atoms with Crippen LogP contribution in [0.3, 0.4) is 0 Å². The Morgan fingerprint density at radius 3 is 2.95 bits per heavy atom. The quantitative estimate of drug-likeness (QED) is 0.857. The molecule has 0 saturated heterocycles. The minimum absolute atomic E-state index is 0.0174. The van der Waals surface area contributed by atoms with Crippen molar-refractivity contribution in [2.24, 2.45) is 0 Å². The Morgan fingerprint density at radius 1 is 1.37 bits per heavy atom. The van der Waals surface area contributed by atoms with Crippen molar-refractivity contribution in [3.8, 4) is 0 Å². The van der Waals surface area contributed by atoms with E-state index in [4.69, 9.17) is 5.73 Å². The van der Waals surface area contributed by atoms with Crippen molar-refractivity contribution in [1.82, 2.24) is 14.3 Å². The zero-order valence-electron chi connectivity index (χ0n) is 10.5. The van der Waals surface area contributed by atoms with E-state index >= 15 is 0 Å². The highest BCUT2D eigenvalue weighted by Crippen LogP contribution is 2.20. The van der Waals surface area contributed by atoms with Gasteiger partial charge < -0.3 is 5.73 Å². The number of benzene rings is 1. The molecule has 1 aliphatic rings. The second-order valence-electron chi connectivity index (χ2n) is 4.82. The molecule has 2 N–H and O–H groups in total. The number of hydrogen-bond donors (Lipinski definition) is 1. The number of aryl methyl sites for hydroxylation is 1. The number of hydrogen-bond acceptors (Lipinski definition) is 3. The summed E-state index contributed by atoms with van der Waals surface area (Å²) in [4.78, 5) is 12.2. The zero-order chi connectivity index (χ0) is 13.4. The molecule has 6 heteroatoms. The summed E-state index contributed by atoms with van der Waals surface area (Å²) >= 11 is 3.36. The Hall–Kier alpha value is -1.56. The first-order valence-electron chi connectivity index (χ1n) is 6.35. The van der Waals surface area contributed by atoms with Crippen LogP contribution >= 0.6 is 15.9 Å². The van der Waals surface area contributed by atoms with E-state index in [0.29, 0.717) is 12.2 Å². The first-order valence-corrected chi connectivity index (χ1v) is 7.15. The maximum absolute atomic E-state index is 12.2. The number of nitrogens with zero attached hydrogens (tertiary/aromatic N) is 3. The Balaban J connectivity index is 1.93. The molecule has 0 bridgehead atoms. The summed E-state index contributed by atoms with van der Waals surface area (Å²) in [5.74, 6) is 0.904. The highest BCUT2D eigenvalue weighted by Gasteiger charge is 2.16. The normalized spacial score (nSPS) is 14.4. The van der Waals surface area contributed by atoms with Crippen LogP contribution in [0.4, 0.5) is 5.69 Å². The van der Waals surface area contributed by atoms with Crippen molar-refractivity contribution in [2.45, 2.75) is 32.4 Å². The molecule has 5 nitrogen and oxygen atoms in total. The van der Waals surface area contributed by atoms with Gasteiger partial charge in [0.1, 0.15) is 5.82 Å². The van der Waals surface area contributed by atoms with Crippen LogP contribution in [-0.4, -0.2) is 14.3 Å². The molecule has 1 aromatic heterocycles. The molecule has 0 radical (unpaired) electrons. The number of fused-ring (bicyclic) bond motifs is 1. The van der Waals surface area contributed by atoms with E-state index in [1.54, 1.807) is 4.57 Å². The number of aromatic nitrogens is 3. The smallest absolute Gasteiger partial charge is 0.346 e. The minimum atomic E-state index is -0.0174. The SMILES string of the molecule is Nc1cc(Cn2nc3n(c2=O)CCCC3)ccc1Br. The predicted molar refractivity (Wildman–Crippen MR) is 77.1 cm³/mol. The van der Waals surface area contributed by atoms with Crippen LogP contribution in [0.15, 0.2) is 27.5 Å². The van der Waals surface area contributed by atoms with Gasteiger partial charge >= 0.3 is 5.69 Å². The summed E-state index contributed by atoms with van der Waals surface area (Å²) in [6.45, 7) is 1.26. The van der Waals surface area contributed by atoms with Crippen molar-refractivity contribution < 1.29 is 0 Å². The summed E-state index contributed by atoms with van der Waals surface area (Å²) in [7, 11) is 0. The molecule has 0 aliphatic carbocycles. The summed E-state index contributed by atoms with van der Waals surface area (Å²) in [5, 5.41) is 4.41. The van der Waals surface area contributed by atoms with E-state index in [0.717, 1.165) is 41.7 Å². The molecule has 0 atom stereocenters. The number of nitrogens with two attached hydrogens (primary N) is 1. The second-order valence-corrected chi connectivity index (χ2v) is 5.68. The number of nitrogen functional groups attached to an aromatic ring is 1. The predicted octanol–water partition coefficient (Wildman–Crippen LogP) is 1.77. The zero-order valence-corrected chi connectivity index (χ0v) is 12.1. The lowest BCUT2D eigenvalue weighted by molar-refractivity contribution is 0.511. The summed E-state index contributed by atoms with van der Waals surface area (Å²) in [5.41, 5.74) is 7.49. The third kappa shape index (κ3) is 2.32. The molecule has 3 rings (SSSR count). The van der Waals surface area contributed by atoms with Crippen molar-refractivity contribution in [1.29, 1.82) is 0 Å². The molecular formula is C13H15BrN4O. The van der Waals surface area contributed by atoms with E-state index in [1.807, 2.05) is 18.2 Å². The van der Waals surface area contributed by atoms with Gasteiger partial charge in [-0.2, -0.15) is 5.10 Å². The topological polar surface area (TPSA) is 65.8 Å². The van der Waals surface area contributed by atoms with Crippen LogP contribution in [0.2, 0.25) is 0 Å². The average molecular weight is 323 g/mol. The first-order chi connectivity index (χ1) is 9.15. The van der Waals surface area contributed by atoms with Gasteiger partial charge in [0.05, 0.1) is 6.54 Å². The molecular weight excluding hydrogens is 308 g/mol. The summed E-state index contributed by atoms with van der Waals surface area (Å²) < 4.78 is 4.18. The van der Waals surface area contributed by atoms with Crippen LogP contribution in [0.25, 0.3) is 0 Å². The highest BCUT2D eigenvalue weighted by atomic mass is 79.9. The fourth-order valence-corrected chi connectivity index (χ4v) is 2.66. The Labute approximate surface area is 119 Å². The third-order valence-corrected chi connectivity index (χ3v) is 4.15. The maximum Gasteiger partial charge on any atom is 0.346 e. The van der Waals surface area contributed by atoms with Crippen LogP contribution in [0, 0.1) is 0 Å². The van der Waals surface area contributed by atoms with E-state index in [9.17, 15) is 4.79 Å². The number of rotatable bonds is 2. The van der Waals surface area contributed by atoms with E-state index in [2.05, 4.69) is 21.0 Å². The van der Waals surface area contributed by atoms with Crippen molar-refractivity contribution in [3.05, 3.63) is 44.5 Å². The van der Waals surface area contributed by atoms with E-state index in [1.165, 1.54) is 4.68 Å². The van der Waals surface area contributed by atoms with Gasteiger partial charge in [0, 0.05) is 23.1 Å². The molecule has 100 valence electrons. The fourth-order valence-electron chi connectivity index (χ4n) is 2.42. The van der Waals surface area contributed by atoms with Gasteiger partial charge in [-0.25, -0.2) is 9.48 Å². The second kappa shape index (κ2) is 4.85. The van der Waals surface area contributed by atoms with Gasteiger partial charge in [0.2, 0.25) is 0 Å². The fraction of sp³-hybridized carbons (Fsp3) is 0.385. The Morgan fingerprint density at radius 2 is 2.21 bits per heavy atom. The van der Waals surface area contributed by atoms with E-state index in [-0.39, 0.29) is 5.69 Å². The van der Waals surface area contributed by atoms with Crippen LogP contribution in [-0.2, 0) is 19.5 Å². The van der Waals surface area contributed by atoms with Crippen LogP contribution < -0.4 is 11.4 Å². The molecule has 1 aliphatic heterocycles. The van der Waals surface area contributed by atoms with Crippen molar-refractivity contribution >= 4 is 21.6 Å². The van der Waals surface area contributed by atoms with Gasteiger partial charge in [-0.1, -0.05) is 6.07 Å². The lowest BCUT2D eigenvalue weighted by Gasteiger charge is -2.09. The summed E-state index contributed by atoms with van der Waals surface area (Å²) in [6, 6.07) is 5.71. The minimum Gasteiger partial charge on any atom is -0.398 e. The largest absolute Gasteiger partial charge is 0.398 e. The maximum atomic E-state index is 12.2. The van der Waals surface area contributed by atoms with Gasteiger partial charge in [0.15, 0.2) is 0 Å². The molecule has 1 aromatic carbocycles. The van der Waals surface area contributed by atoms with Crippen molar-refractivity contribution in [3.63, 3.8) is 0 Å². The average Bonchev–Trinajstić information content (AvgIpc) is 2.72. The first kappa shape index (κ1) is 12.5. The molecule has 0 amide bonds. The van der Waals surface area contributed by atoms with Crippen LogP contribution in [0.1, 0.15) is 24.2 Å². The number of halogens is 1. The number of anilines is 1. The third-order valence-electron chi connectivity index (χ3n) is 3.42. The molecule has 0 saturated carbocycles. The molecule has 19 heavy (non-hydrogen) atoms. The monoisotopic (exact) mass is 322 g/mol. The van der Waals surface area contributed by atoms with Crippen molar-refractivity contribution in [2.75, 3.05) is 5.73 Å². The van der Waals surface area contributed by atoms with Gasteiger partial charge in [-0.05, 0) is 46.5 Å². The molecule has 0 unspecified atom stereocenters.